The largest absolute Gasteiger partial charge is 0.491 e. The zero-order valence-corrected chi connectivity index (χ0v) is 11.1. The Hall–Kier alpha value is -1.13. The second-order valence-corrected chi connectivity index (χ2v) is 4.74. The van der Waals surface area contributed by atoms with Crippen LogP contribution >= 0.6 is 0 Å². The number of hydrogen-bond acceptors (Lipinski definition) is 3. The lowest BCUT2D eigenvalue weighted by Gasteiger charge is -2.35. The van der Waals surface area contributed by atoms with Gasteiger partial charge in [-0.3, -0.25) is 0 Å². The number of hydrogen-bond donors (Lipinski definition) is 1. The van der Waals surface area contributed by atoms with Crippen molar-refractivity contribution in [2.24, 2.45) is 0 Å². The van der Waals surface area contributed by atoms with Crippen molar-refractivity contribution in [1.29, 1.82) is 0 Å². The van der Waals surface area contributed by atoms with E-state index in [1.54, 1.807) is 12.1 Å². The molecule has 100 valence electrons. The van der Waals surface area contributed by atoms with Crippen molar-refractivity contribution < 1.29 is 9.13 Å². The SMILES string of the molecule is CCOc1ccc(CCN(C)C2CNC2)cc1F. The number of nitrogens with one attached hydrogen (secondary N) is 1. The minimum absolute atomic E-state index is 0.262. The van der Waals surface area contributed by atoms with Gasteiger partial charge in [-0.15, -0.1) is 0 Å². The third-order valence-electron chi connectivity index (χ3n) is 3.43. The first kappa shape index (κ1) is 13.3. The summed E-state index contributed by atoms with van der Waals surface area (Å²) in [5.74, 6) is 0.0834. The monoisotopic (exact) mass is 252 g/mol. The third kappa shape index (κ3) is 3.21. The van der Waals surface area contributed by atoms with Gasteiger partial charge in [-0.25, -0.2) is 4.39 Å². The Morgan fingerprint density at radius 2 is 2.22 bits per heavy atom. The molecule has 1 aliphatic rings. The van der Waals surface area contributed by atoms with E-state index in [2.05, 4.69) is 17.3 Å². The standard InChI is InChI=1S/C14H21FN2O/c1-3-18-14-5-4-11(8-13(14)15)6-7-17(2)12-9-16-10-12/h4-5,8,12,16H,3,6-7,9-10H2,1-2H3. The molecule has 0 saturated carbocycles. The fraction of sp³-hybridized carbons (Fsp3) is 0.571. The second-order valence-electron chi connectivity index (χ2n) is 4.74. The van der Waals surface area contributed by atoms with Gasteiger partial charge in [0, 0.05) is 25.7 Å². The minimum atomic E-state index is -0.262. The lowest BCUT2D eigenvalue weighted by atomic mass is 10.1. The predicted molar refractivity (Wildman–Crippen MR) is 70.6 cm³/mol. The number of rotatable bonds is 6. The van der Waals surface area contributed by atoms with Gasteiger partial charge in [0.15, 0.2) is 11.6 Å². The van der Waals surface area contributed by atoms with Crippen LogP contribution in [0.1, 0.15) is 12.5 Å². The van der Waals surface area contributed by atoms with Crippen molar-refractivity contribution in [2.45, 2.75) is 19.4 Å². The maximum Gasteiger partial charge on any atom is 0.165 e. The van der Waals surface area contributed by atoms with Crippen molar-refractivity contribution in [3.63, 3.8) is 0 Å². The van der Waals surface area contributed by atoms with Gasteiger partial charge in [0.2, 0.25) is 0 Å². The van der Waals surface area contributed by atoms with Gasteiger partial charge >= 0.3 is 0 Å². The topological polar surface area (TPSA) is 24.5 Å². The van der Waals surface area contributed by atoms with E-state index in [9.17, 15) is 4.39 Å². The molecule has 1 heterocycles. The quantitative estimate of drug-likeness (QED) is 0.833. The summed E-state index contributed by atoms with van der Waals surface area (Å²) in [5.41, 5.74) is 1.02. The molecule has 1 saturated heterocycles. The number of nitrogens with zero attached hydrogens (tertiary/aromatic N) is 1. The smallest absolute Gasteiger partial charge is 0.165 e. The maximum absolute atomic E-state index is 13.6. The van der Waals surface area contributed by atoms with Crippen LogP contribution in [0.3, 0.4) is 0 Å². The molecule has 3 nitrogen and oxygen atoms in total. The highest BCUT2D eigenvalue weighted by Gasteiger charge is 2.20. The van der Waals surface area contributed by atoms with E-state index in [0.717, 1.165) is 31.6 Å². The molecule has 1 aromatic carbocycles. The molecular formula is C14H21FN2O. The number of halogens is 1. The Balaban J connectivity index is 1.87. The molecular weight excluding hydrogens is 231 g/mol. The van der Waals surface area contributed by atoms with Gasteiger partial charge in [0.05, 0.1) is 6.61 Å². The highest BCUT2D eigenvalue weighted by Crippen LogP contribution is 2.18. The van der Waals surface area contributed by atoms with Crippen LogP contribution in [0.2, 0.25) is 0 Å². The highest BCUT2D eigenvalue weighted by atomic mass is 19.1. The summed E-state index contributed by atoms with van der Waals surface area (Å²) < 4.78 is 18.8. The van der Waals surface area contributed by atoms with E-state index in [1.165, 1.54) is 0 Å². The van der Waals surface area contributed by atoms with Crippen LogP contribution < -0.4 is 10.1 Å². The Morgan fingerprint density at radius 3 is 2.78 bits per heavy atom. The van der Waals surface area contributed by atoms with Crippen LogP contribution in [-0.4, -0.2) is 44.2 Å². The van der Waals surface area contributed by atoms with E-state index in [4.69, 9.17) is 4.74 Å². The van der Waals surface area contributed by atoms with E-state index < -0.39 is 0 Å². The predicted octanol–water partition coefficient (Wildman–Crippen LogP) is 1.67. The van der Waals surface area contributed by atoms with Crippen molar-refractivity contribution >= 4 is 0 Å². The third-order valence-corrected chi connectivity index (χ3v) is 3.43. The van der Waals surface area contributed by atoms with Gasteiger partial charge in [0.25, 0.3) is 0 Å². The Labute approximate surface area is 108 Å². The van der Waals surface area contributed by atoms with Gasteiger partial charge in [-0.2, -0.15) is 0 Å². The van der Waals surface area contributed by atoms with E-state index in [0.29, 0.717) is 18.4 Å². The van der Waals surface area contributed by atoms with Crippen molar-refractivity contribution in [3.8, 4) is 5.75 Å². The lowest BCUT2D eigenvalue weighted by molar-refractivity contribution is 0.182. The lowest BCUT2D eigenvalue weighted by Crippen LogP contribution is -2.56. The summed E-state index contributed by atoms with van der Waals surface area (Å²) in [4.78, 5) is 2.32. The minimum Gasteiger partial charge on any atom is -0.491 e. The molecule has 0 amide bonds. The fourth-order valence-corrected chi connectivity index (χ4v) is 2.05. The zero-order chi connectivity index (χ0) is 13.0. The molecule has 0 spiro atoms. The van der Waals surface area contributed by atoms with Crippen LogP contribution in [0, 0.1) is 5.82 Å². The second kappa shape index (κ2) is 6.16. The molecule has 0 aliphatic carbocycles. The number of benzene rings is 1. The maximum atomic E-state index is 13.6. The van der Waals surface area contributed by atoms with Crippen molar-refractivity contribution in [1.82, 2.24) is 10.2 Å². The molecule has 0 unspecified atom stereocenters. The molecule has 2 rings (SSSR count). The average molecular weight is 252 g/mol. The van der Waals surface area contributed by atoms with E-state index in [1.807, 2.05) is 13.0 Å². The molecule has 18 heavy (non-hydrogen) atoms. The molecule has 1 fully saturated rings. The first-order valence-electron chi connectivity index (χ1n) is 6.53. The van der Waals surface area contributed by atoms with Gasteiger partial charge in [0.1, 0.15) is 0 Å². The summed E-state index contributed by atoms with van der Waals surface area (Å²) >= 11 is 0. The van der Waals surface area contributed by atoms with Gasteiger partial charge < -0.3 is 15.0 Å². The Morgan fingerprint density at radius 1 is 1.44 bits per heavy atom. The first-order chi connectivity index (χ1) is 8.70. The van der Waals surface area contributed by atoms with Crippen LogP contribution in [0.25, 0.3) is 0 Å². The van der Waals surface area contributed by atoms with Crippen LogP contribution in [0.5, 0.6) is 5.75 Å². The normalized spacial score (nSPS) is 15.8. The molecule has 0 atom stereocenters. The molecule has 0 aromatic heterocycles. The van der Waals surface area contributed by atoms with Gasteiger partial charge in [-0.05, 0) is 38.1 Å². The summed E-state index contributed by atoms with van der Waals surface area (Å²) in [7, 11) is 2.12. The summed E-state index contributed by atoms with van der Waals surface area (Å²) in [6, 6.07) is 5.88. The Kier molecular flexibility index (Phi) is 4.55. The first-order valence-corrected chi connectivity index (χ1v) is 6.53. The molecule has 1 aromatic rings. The number of ether oxygens (including phenoxy) is 1. The zero-order valence-electron chi connectivity index (χ0n) is 11.1. The van der Waals surface area contributed by atoms with Crippen LogP contribution in [0.15, 0.2) is 18.2 Å². The highest BCUT2D eigenvalue weighted by molar-refractivity contribution is 5.29. The average Bonchev–Trinajstić information content (AvgIpc) is 2.27. The van der Waals surface area contributed by atoms with Crippen LogP contribution in [0.4, 0.5) is 4.39 Å². The molecule has 0 bridgehead atoms. The molecule has 1 aliphatic heterocycles. The van der Waals surface area contributed by atoms with Crippen LogP contribution in [-0.2, 0) is 6.42 Å². The summed E-state index contributed by atoms with van der Waals surface area (Å²) in [5, 5.41) is 3.25. The van der Waals surface area contributed by atoms with Crippen molar-refractivity contribution in [3.05, 3.63) is 29.6 Å². The molecule has 1 N–H and O–H groups in total. The molecule has 0 radical (unpaired) electrons. The molecule has 4 heteroatoms. The Bertz CT molecular complexity index is 393. The van der Waals surface area contributed by atoms with E-state index in [-0.39, 0.29) is 5.82 Å². The van der Waals surface area contributed by atoms with E-state index >= 15 is 0 Å². The van der Waals surface area contributed by atoms with Crippen molar-refractivity contribution in [2.75, 3.05) is 33.3 Å². The summed E-state index contributed by atoms with van der Waals surface area (Å²) in [6.45, 7) is 5.44. The fourth-order valence-electron chi connectivity index (χ4n) is 2.05. The summed E-state index contributed by atoms with van der Waals surface area (Å²) in [6.07, 6.45) is 0.871. The van der Waals surface area contributed by atoms with Gasteiger partial charge in [-0.1, -0.05) is 6.07 Å². The number of likely N-dealkylation sites (N-methyl/N-ethyl adjacent to an activating group) is 1.